The Balaban J connectivity index is 1.86. The van der Waals surface area contributed by atoms with E-state index in [0.29, 0.717) is 15.8 Å². The number of benzene rings is 1. The first kappa shape index (κ1) is 15.6. The second-order valence-electron chi connectivity index (χ2n) is 6.57. The highest BCUT2D eigenvalue weighted by Gasteiger charge is 2.15. The van der Waals surface area contributed by atoms with Crippen LogP contribution in [0, 0.1) is 0 Å². The quantitative estimate of drug-likeness (QED) is 0.691. The molecule has 3 rings (SSSR count). The molecular formula is C18H18N2O2S. The predicted octanol–water partition coefficient (Wildman–Crippen LogP) is 3.64. The molecule has 0 aliphatic carbocycles. The van der Waals surface area contributed by atoms with Gasteiger partial charge in [0.1, 0.15) is 4.83 Å². The Labute approximate surface area is 138 Å². The van der Waals surface area contributed by atoms with Gasteiger partial charge in [-0.3, -0.25) is 14.2 Å². The molecule has 0 saturated heterocycles. The summed E-state index contributed by atoms with van der Waals surface area (Å²) in [6, 6.07) is 9.33. The topological polar surface area (TPSA) is 52.0 Å². The van der Waals surface area contributed by atoms with Crippen molar-refractivity contribution in [3.63, 3.8) is 0 Å². The average molecular weight is 326 g/mol. The maximum absolute atomic E-state index is 12.4. The summed E-state index contributed by atoms with van der Waals surface area (Å²) in [5, 5.41) is 2.39. The molecule has 0 amide bonds. The van der Waals surface area contributed by atoms with Gasteiger partial charge in [0, 0.05) is 5.56 Å². The summed E-state index contributed by atoms with van der Waals surface area (Å²) in [5.74, 6) is -0.0936. The van der Waals surface area contributed by atoms with Gasteiger partial charge in [-0.05, 0) is 22.4 Å². The fraction of sp³-hybridized carbons (Fsp3) is 0.278. The van der Waals surface area contributed by atoms with Gasteiger partial charge >= 0.3 is 0 Å². The van der Waals surface area contributed by atoms with Crippen molar-refractivity contribution >= 4 is 27.3 Å². The Morgan fingerprint density at radius 3 is 2.52 bits per heavy atom. The molecule has 4 nitrogen and oxygen atoms in total. The number of hydrogen-bond acceptors (Lipinski definition) is 4. The molecular weight excluding hydrogens is 308 g/mol. The van der Waals surface area contributed by atoms with E-state index in [1.807, 2.05) is 29.6 Å². The number of aromatic nitrogens is 2. The third-order valence-electron chi connectivity index (χ3n) is 3.84. The second kappa shape index (κ2) is 5.74. The van der Waals surface area contributed by atoms with E-state index in [4.69, 9.17) is 0 Å². The SMILES string of the molecule is CC(C)(C)c1ccc(C(=O)Cn2cnc3sccc3c2=O)cc1. The Bertz CT molecular complexity index is 915. The number of carbonyl (C=O) groups is 1. The zero-order chi connectivity index (χ0) is 16.6. The van der Waals surface area contributed by atoms with Crippen molar-refractivity contribution in [1.82, 2.24) is 9.55 Å². The Morgan fingerprint density at radius 2 is 1.87 bits per heavy atom. The van der Waals surface area contributed by atoms with E-state index in [-0.39, 0.29) is 23.3 Å². The minimum absolute atomic E-state index is 0.00643. The Morgan fingerprint density at radius 1 is 1.17 bits per heavy atom. The standard InChI is InChI=1S/C18H18N2O2S/c1-18(2,3)13-6-4-12(5-7-13)15(21)10-20-11-19-16-14(17(20)22)8-9-23-16/h4-9,11H,10H2,1-3H3. The number of rotatable bonds is 3. The van der Waals surface area contributed by atoms with E-state index in [9.17, 15) is 9.59 Å². The van der Waals surface area contributed by atoms with Crippen molar-refractivity contribution in [2.45, 2.75) is 32.7 Å². The van der Waals surface area contributed by atoms with Crippen LogP contribution in [0.3, 0.4) is 0 Å². The molecule has 1 aromatic carbocycles. The summed E-state index contributed by atoms with van der Waals surface area (Å²) in [5.41, 5.74) is 1.66. The van der Waals surface area contributed by atoms with Crippen molar-refractivity contribution in [3.05, 3.63) is 63.5 Å². The number of thiophene rings is 1. The second-order valence-corrected chi connectivity index (χ2v) is 7.46. The maximum atomic E-state index is 12.4. The zero-order valence-corrected chi connectivity index (χ0v) is 14.2. The number of carbonyl (C=O) groups excluding carboxylic acids is 1. The molecule has 0 radical (unpaired) electrons. The fourth-order valence-electron chi connectivity index (χ4n) is 2.41. The zero-order valence-electron chi connectivity index (χ0n) is 13.4. The largest absolute Gasteiger partial charge is 0.292 e. The predicted molar refractivity (Wildman–Crippen MR) is 93.4 cm³/mol. The lowest BCUT2D eigenvalue weighted by Gasteiger charge is -2.19. The highest BCUT2D eigenvalue weighted by Crippen LogP contribution is 2.22. The van der Waals surface area contributed by atoms with E-state index in [1.54, 1.807) is 6.07 Å². The van der Waals surface area contributed by atoms with Gasteiger partial charge in [0.25, 0.3) is 5.56 Å². The van der Waals surface area contributed by atoms with Gasteiger partial charge < -0.3 is 0 Å². The van der Waals surface area contributed by atoms with Crippen LogP contribution in [0.15, 0.2) is 46.8 Å². The molecule has 0 spiro atoms. The van der Waals surface area contributed by atoms with E-state index in [2.05, 4.69) is 25.8 Å². The number of nitrogens with zero attached hydrogens (tertiary/aromatic N) is 2. The van der Waals surface area contributed by atoms with Crippen molar-refractivity contribution < 1.29 is 4.79 Å². The molecule has 0 saturated carbocycles. The molecule has 0 aliphatic heterocycles. The summed E-state index contributed by atoms with van der Waals surface area (Å²) in [4.78, 5) is 29.7. The van der Waals surface area contributed by atoms with E-state index < -0.39 is 0 Å². The number of Topliss-reactive ketones (excluding diaryl/α,β-unsaturated/α-hetero) is 1. The lowest BCUT2D eigenvalue weighted by molar-refractivity contribution is 0.0970. The Kier molecular flexibility index (Phi) is 3.90. The molecule has 23 heavy (non-hydrogen) atoms. The molecule has 0 bridgehead atoms. The average Bonchev–Trinajstić information content (AvgIpc) is 2.98. The molecule has 2 heterocycles. The first-order valence-corrected chi connectivity index (χ1v) is 8.30. The van der Waals surface area contributed by atoms with Crippen LogP contribution < -0.4 is 5.56 Å². The lowest BCUT2D eigenvalue weighted by atomic mass is 9.86. The van der Waals surface area contributed by atoms with Gasteiger partial charge in [-0.1, -0.05) is 45.0 Å². The third kappa shape index (κ3) is 3.10. The van der Waals surface area contributed by atoms with Crippen molar-refractivity contribution in [1.29, 1.82) is 0 Å². The van der Waals surface area contributed by atoms with Crippen LogP contribution >= 0.6 is 11.3 Å². The van der Waals surface area contributed by atoms with Gasteiger partial charge in [0.05, 0.1) is 18.3 Å². The highest BCUT2D eigenvalue weighted by molar-refractivity contribution is 7.16. The summed E-state index contributed by atoms with van der Waals surface area (Å²) < 4.78 is 1.37. The minimum atomic E-state index is -0.170. The lowest BCUT2D eigenvalue weighted by Crippen LogP contribution is -2.24. The van der Waals surface area contributed by atoms with Crippen molar-refractivity contribution in [2.24, 2.45) is 0 Å². The number of hydrogen-bond donors (Lipinski definition) is 0. The van der Waals surface area contributed by atoms with Crippen molar-refractivity contribution in [3.8, 4) is 0 Å². The van der Waals surface area contributed by atoms with Crippen LogP contribution in [-0.2, 0) is 12.0 Å². The summed E-state index contributed by atoms with van der Waals surface area (Å²) in [6.07, 6.45) is 1.45. The van der Waals surface area contributed by atoms with Crippen LogP contribution in [0.25, 0.3) is 10.2 Å². The van der Waals surface area contributed by atoms with Crippen LogP contribution in [0.1, 0.15) is 36.7 Å². The summed E-state index contributed by atoms with van der Waals surface area (Å²) in [7, 11) is 0. The first-order chi connectivity index (χ1) is 10.9. The third-order valence-corrected chi connectivity index (χ3v) is 4.66. The smallest absolute Gasteiger partial charge is 0.262 e. The number of fused-ring (bicyclic) bond motifs is 1. The van der Waals surface area contributed by atoms with Gasteiger partial charge in [0.15, 0.2) is 5.78 Å². The van der Waals surface area contributed by atoms with Gasteiger partial charge in [-0.2, -0.15) is 0 Å². The van der Waals surface area contributed by atoms with Crippen molar-refractivity contribution in [2.75, 3.05) is 0 Å². The molecule has 0 fully saturated rings. The molecule has 118 valence electrons. The maximum Gasteiger partial charge on any atom is 0.262 e. The highest BCUT2D eigenvalue weighted by atomic mass is 32.1. The van der Waals surface area contributed by atoms with Crippen LogP contribution in [0.2, 0.25) is 0 Å². The van der Waals surface area contributed by atoms with Gasteiger partial charge in [-0.15, -0.1) is 11.3 Å². The molecule has 0 N–H and O–H groups in total. The van der Waals surface area contributed by atoms with Crippen LogP contribution in [-0.4, -0.2) is 15.3 Å². The molecule has 0 unspecified atom stereocenters. The molecule has 3 aromatic rings. The van der Waals surface area contributed by atoms with Gasteiger partial charge in [0.2, 0.25) is 0 Å². The number of ketones is 1. The first-order valence-electron chi connectivity index (χ1n) is 7.42. The van der Waals surface area contributed by atoms with Gasteiger partial charge in [-0.25, -0.2) is 4.98 Å². The monoisotopic (exact) mass is 326 g/mol. The van der Waals surface area contributed by atoms with E-state index >= 15 is 0 Å². The van der Waals surface area contributed by atoms with E-state index in [0.717, 1.165) is 0 Å². The van der Waals surface area contributed by atoms with E-state index in [1.165, 1.54) is 27.8 Å². The molecule has 0 atom stereocenters. The fourth-order valence-corrected chi connectivity index (χ4v) is 3.13. The molecule has 0 aliphatic rings. The summed E-state index contributed by atoms with van der Waals surface area (Å²) in [6.45, 7) is 6.40. The molecule has 2 aromatic heterocycles. The van der Waals surface area contributed by atoms with Crippen LogP contribution in [0.4, 0.5) is 0 Å². The van der Waals surface area contributed by atoms with Crippen LogP contribution in [0.5, 0.6) is 0 Å². The Hall–Kier alpha value is -2.27. The normalized spacial score (nSPS) is 11.8. The minimum Gasteiger partial charge on any atom is -0.292 e. The summed E-state index contributed by atoms with van der Waals surface area (Å²) >= 11 is 1.42. The molecule has 5 heteroatoms.